The molecule has 114 valence electrons. The van der Waals surface area contributed by atoms with Crippen LogP contribution in [0.2, 0.25) is 0 Å². The highest BCUT2D eigenvalue weighted by Crippen LogP contribution is 2.25. The van der Waals surface area contributed by atoms with Crippen molar-refractivity contribution in [1.29, 1.82) is 0 Å². The number of rotatable bonds is 8. The van der Waals surface area contributed by atoms with Gasteiger partial charge in [0.15, 0.2) is 0 Å². The van der Waals surface area contributed by atoms with Gasteiger partial charge in [0.05, 0.1) is 7.11 Å². The molecular weight excluding hydrogens is 262 g/mol. The average Bonchev–Trinajstić information content (AvgIpc) is 2.52. The molecule has 0 saturated carbocycles. The topological polar surface area (TPSA) is 60.2 Å². The zero-order valence-corrected chi connectivity index (χ0v) is 12.9. The van der Waals surface area contributed by atoms with E-state index in [1.807, 2.05) is 24.4 Å². The fraction of sp³-hybridized carbons (Fsp3) is 0.471. The Morgan fingerprint density at radius 1 is 1.29 bits per heavy atom. The normalized spacial score (nSPS) is 12.3. The summed E-state index contributed by atoms with van der Waals surface area (Å²) in [6.07, 6.45) is 5.27. The molecule has 0 aliphatic carbocycles. The summed E-state index contributed by atoms with van der Waals surface area (Å²) in [6.45, 7) is 3.88. The Kier molecular flexibility index (Phi) is 5.81. The highest BCUT2D eigenvalue weighted by atomic mass is 16.5. The largest absolute Gasteiger partial charge is 0.497 e. The Bertz CT molecular complexity index is 565. The van der Waals surface area contributed by atoms with Crippen molar-refractivity contribution in [3.63, 3.8) is 0 Å². The molecule has 0 fully saturated rings. The van der Waals surface area contributed by atoms with E-state index in [9.17, 15) is 0 Å². The Labute approximate surface area is 126 Å². The van der Waals surface area contributed by atoms with Gasteiger partial charge in [-0.25, -0.2) is 4.98 Å². The number of hydrogen-bond donors (Lipinski definition) is 2. The summed E-state index contributed by atoms with van der Waals surface area (Å²) in [5, 5.41) is 5.75. The second kappa shape index (κ2) is 7.84. The van der Waals surface area contributed by atoms with Gasteiger partial charge in [-0.1, -0.05) is 13.3 Å². The van der Waals surface area contributed by atoms with Gasteiger partial charge in [0.25, 0.3) is 0 Å². The predicted molar refractivity (Wildman–Crippen MR) is 88.9 cm³/mol. The van der Waals surface area contributed by atoms with Crippen molar-refractivity contribution in [3.8, 4) is 5.75 Å². The number of ether oxygens (including phenoxy) is 1. The molecule has 4 nitrogen and oxygen atoms in total. The van der Waals surface area contributed by atoms with Gasteiger partial charge in [-0.3, -0.25) is 0 Å². The molecule has 4 heteroatoms. The van der Waals surface area contributed by atoms with Crippen LogP contribution in [-0.2, 0) is 0 Å². The van der Waals surface area contributed by atoms with Crippen LogP contribution in [0.4, 0.5) is 5.82 Å². The van der Waals surface area contributed by atoms with Crippen molar-refractivity contribution >= 4 is 16.6 Å². The number of nitrogens with zero attached hydrogens (tertiary/aromatic N) is 1. The molecule has 2 aromatic rings. The van der Waals surface area contributed by atoms with E-state index in [0.29, 0.717) is 5.92 Å². The van der Waals surface area contributed by atoms with E-state index < -0.39 is 0 Å². The van der Waals surface area contributed by atoms with E-state index in [0.717, 1.165) is 41.9 Å². The van der Waals surface area contributed by atoms with Gasteiger partial charge < -0.3 is 15.8 Å². The summed E-state index contributed by atoms with van der Waals surface area (Å²) >= 11 is 0. The number of methoxy groups -OCH3 is 1. The number of nitrogens with one attached hydrogen (secondary N) is 1. The van der Waals surface area contributed by atoms with Crippen LogP contribution in [0.15, 0.2) is 30.5 Å². The Balaban J connectivity index is 2.14. The molecule has 0 amide bonds. The van der Waals surface area contributed by atoms with Gasteiger partial charge in [-0.15, -0.1) is 0 Å². The van der Waals surface area contributed by atoms with Gasteiger partial charge in [0.2, 0.25) is 0 Å². The number of pyridine rings is 1. The third-order valence-electron chi connectivity index (χ3n) is 3.80. The summed E-state index contributed by atoms with van der Waals surface area (Å²) < 4.78 is 5.27. The maximum absolute atomic E-state index is 5.69. The van der Waals surface area contributed by atoms with Crippen LogP contribution in [0.1, 0.15) is 26.2 Å². The summed E-state index contributed by atoms with van der Waals surface area (Å²) in [4.78, 5) is 4.47. The molecule has 0 aliphatic rings. The molecule has 1 unspecified atom stereocenters. The lowest BCUT2D eigenvalue weighted by atomic mass is 10.00. The van der Waals surface area contributed by atoms with Crippen LogP contribution in [0.25, 0.3) is 10.8 Å². The molecule has 0 saturated heterocycles. The van der Waals surface area contributed by atoms with Crippen molar-refractivity contribution in [2.45, 2.75) is 26.2 Å². The van der Waals surface area contributed by atoms with Crippen molar-refractivity contribution < 1.29 is 4.74 Å². The van der Waals surface area contributed by atoms with Crippen LogP contribution >= 0.6 is 0 Å². The minimum absolute atomic E-state index is 0.607. The van der Waals surface area contributed by atoms with E-state index in [4.69, 9.17) is 10.5 Å². The highest BCUT2D eigenvalue weighted by molar-refractivity contribution is 5.92. The first-order chi connectivity index (χ1) is 10.3. The first-order valence-electron chi connectivity index (χ1n) is 7.65. The lowest BCUT2D eigenvalue weighted by Gasteiger charge is -2.17. The molecule has 21 heavy (non-hydrogen) atoms. The van der Waals surface area contributed by atoms with Crippen LogP contribution in [0, 0.1) is 5.92 Å². The SMILES string of the molecule is CCCC(CCN)CNc1nccc2cc(OC)ccc12. The predicted octanol–water partition coefficient (Wildman–Crippen LogP) is 3.42. The van der Waals surface area contributed by atoms with E-state index in [-0.39, 0.29) is 0 Å². The molecule has 1 heterocycles. The maximum Gasteiger partial charge on any atom is 0.133 e. The second-order valence-electron chi connectivity index (χ2n) is 5.36. The fourth-order valence-corrected chi connectivity index (χ4v) is 2.66. The van der Waals surface area contributed by atoms with Crippen LogP contribution < -0.4 is 15.8 Å². The Morgan fingerprint density at radius 3 is 2.86 bits per heavy atom. The van der Waals surface area contributed by atoms with Gasteiger partial charge in [-0.05, 0) is 55.0 Å². The third-order valence-corrected chi connectivity index (χ3v) is 3.80. The Morgan fingerprint density at radius 2 is 2.14 bits per heavy atom. The minimum Gasteiger partial charge on any atom is -0.497 e. The molecule has 1 aromatic carbocycles. The van der Waals surface area contributed by atoms with E-state index in [1.165, 1.54) is 12.8 Å². The van der Waals surface area contributed by atoms with Gasteiger partial charge in [0, 0.05) is 18.1 Å². The highest BCUT2D eigenvalue weighted by Gasteiger charge is 2.09. The van der Waals surface area contributed by atoms with Gasteiger partial charge >= 0.3 is 0 Å². The number of anilines is 1. The molecule has 1 atom stereocenters. The van der Waals surface area contributed by atoms with Crippen molar-refractivity contribution in [1.82, 2.24) is 4.98 Å². The molecular formula is C17H25N3O. The lowest BCUT2D eigenvalue weighted by Crippen LogP contribution is -2.18. The fourth-order valence-electron chi connectivity index (χ4n) is 2.66. The summed E-state index contributed by atoms with van der Waals surface area (Å²) in [5.74, 6) is 2.41. The van der Waals surface area contributed by atoms with Crippen molar-refractivity contribution in [2.24, 2.45) is 11.7 Å². The molecule has 0 radical (unpaired) electrons. The molecule has 2 rings (SSSR count). The zero-order valence-electron chi connectivity index (χ0n) is 12.9. The first-order valence-corrected chi connectivity index (χ1v) is 7.65. The lowest BCUT2D eigenvalue weighted by molar-refractivity contribution is 0.415. The van der Waals surface area contributed by atoms with Gasteiger partial charge in [-0.2, -0.15) is 0 Å². The second-order valence-corrected chi connectivity index (χ2v) is 5.36. The smallest absolute Gasteiger partial charge is 0.133 e. The number of fused-ring (bicyclic) bond motifs is 1. The monoisotopic (exact) mass is 287 g/mol. The first kappa shape index (κ1) is 15.6. The molecule has 0 aliphatic heterocycles. The number of benzene rings is 1. The summed E-state index contributed by atoms with van der Waals surface area (Å²) in [5.41, 5.74) is 5.69. The number of nitrogens with two attached hydrogens (primary N) is 1. The minimum atomic E-state index is 0.607. The molecule has 0 bridgehead atoms. The summed E-state index contributed by atoms with van der Waals surface area (Å²) in [7, 11) is 1.68. The van der Waals surface area contributed by atoms with E-state index in [2.05, 4.69) is 23.3 Å². The standard InChI is InChI=1S/C17H25N3O/c1-3-4-13(7-9-18)12-20-17-16-6-5-15(21-2)11-14(16)8-10-19-17/h5-6,8,10-11,13H,3-4,7,9,12,18H2,1-2H3,(H,19,20). The quantitative estimate of drug-likeness (QED) is 0.781. The third kappa shape index (κ3) is 4.08. The molecule has 3 N–H and O–H groups in total. The number of aromatic nitrogens is 1. The molecule has 0 spiro atoms. The maximum atomic E-state index is 5.69. The number of hydrogen-bond acceptors (Lipinski definition) is 4. The zero-order chi connectivity index (χ0) is 15.1. The van der Waals surface area contributed by atoms with E-state index in [1.54, 1.807) is 7.11 Å². The summed E-state index contributed by atoms with van der Waals surface area (Å²) in [6, 6.07) is 8.07. The van der Waals surface area contributed by atoms with Gasteiger partial charge in [0.1, 0.15) is 11.6 Å². The average molecular weight is 287 g/mol. The van der Waals surface area contributed by atoms with Crippen molar-refractivity contribution in [2.75, 3.05) is 25.5 Å². The van der Waals surface area contributed by atoms with Crippen LogP contribution in [0.5, 0.6) is 5.75 Å². The van der Waals surface area contributed by atoms with Crippen LogP contribution in [-0.4, -0.2) is 25.2 Å². The van der Waals surface area contributed by atoms with Crippen LogP contribution in [0.3, 0.4) is 0 Å². The van der Waals surface area contributed by atoms with E-state index >= 15 is 0 Å². The Hall–Kier alpha value is -1.81. The van der Waals surface area contributed by atoms with Crippen molar-refractivity contribution in [3.05, 3.63) is 30.5 Å². The molecule has 1 aromatic heterocycles.